The predicted octanol–water partition coefficient (Wildman–Crippen LogP) is -0.508. The maximum atomic E-state index is 11.4. The molecule has 1 saturated heterocycles. The van der Waals surface area contributed by atoms with Crippen molar-refractivity contribution in [2.24, 2.45) is 0 Å². The van der Waals surface area contributed by atoms with E-state index in [4.69, 9.17) is 5.73 Å². The van der Waals surface area contributed by atoms with Gasteiger partial charge in [-0.05, 0) is 20.5 Å². The Morgan fingerprint density at radius 1 is 1.62 bits per heavy atom. The molecule has 1 atom stereocenters. The molecule has 1 unspecified atom stereocenters. The first-order valence-corrected chi connectivity index (χ1v) is 5.34. The Labute approximate surface area is 94.1 Å². The summed E-state index contributed by atoms with van der Waals surface area (Å²) in [6.45, 7) is 1.76. The number of hydrogen-bond acceptors (Lipinski definition) is 5. The number of anilines is 2. The molecule has 0 radical (unpaired) electrons. The number of nitrogens with one attached hydrogen (secondary N) is 1. The van der Waals surface area contributed by atoms with E-state index in [0.29, 0.717) is 11.9 Å². The molecule has 0 amide bonds. The van der Waals surface area contributed by atoms with E-state index in [1.807, 2.05) is 0 Å². The third-order valence-corrected chi connectivity index (χ3v) is 3.06. The van der Waals surface area contributed by atoms with Gasteiger partial charge < -0.3 is 20.5 Å². The molecule has 6 nitrogen and oxygen atoms in total. The fourth-order valence-corrected chi connectivity index (χ4v) is 2.01. The summed E-state index contributed by atoms with van der Waals surface area (Å²) >= 11 is 0. The fraction of sp³-hybridized carbons (Fsp3) is 0.600. The summed E-state index contributed by atoms with van der Waals surface area (Å²) in [5, 5.41) is 0. The van der Waals surface area contributed by atoms with Crippen molar-refractivity contribution in [2.75, 3.05) is 37.8 Å². The summed E-state index contributed by atoms with van der Waals surface area (Å²) < 4.78 is 0. The van der Waals surface area contributed by atoms with Gasteiger partial charge >= 0.3 is 0 Å². The molecule has 2 rings (SSSR count). The zero-order chi connectivity index (χ0) is 11.7. The van der Waals surface area contributed by atoms with E-state index >= 15 is 0 Å². The number of hydrogen-bond donors (Lipinski definition) is 2. The van der Waals surface area contributed by atoms with E-state index < -0.39 is 0 Å². The van der Waals surface area contributed by atoms with E-state index in [9.17, 15) is 4.79 Å². The Kier molecular flexibility index (Phi) is 2.82. The van der Waals surface area contributed by atoms with Gasteiger partial charge in [-0.25, -0.2) is 4.98 Å². The molecule has 0 saturated carbocycles. The zero-order valence-electron chi connectivity index (χ0n) is 9.60. The van der Waals surface area contributed by atoms with Gasteiger partial charge in [-0.2, -0.15) is 0 Å². The number of rotatable bonds is 2. The lowest BCUT2D eigenvalue weighted by atomic mass is 10.2. The predicted molar refractivity (Wildman–Crippen MR) is 63.6 cm³/mol. The quantitative estimate of drug-likeness (QED) is 0.706. The second kappa shape index (κ2) is 4.13. The molecule has 1 aliphatic rings. The van der Waals surface area contributed by atoms with Crippen LogP contribution in [0.15, 0.2) is 11.1 Å². The highest BCUT2D eigenvalue weighted by Gasteiger charge is 2.26. The lowest BCUT2D eigenvalue weighted by Crippen LogP contribution is -2.32. The van der Waals surface area contributed by atoms with Gasteiger partial charge in [0.05, 0.1) is 6.33 Å². The van der Waals surface area contributed by atoms with Gasteiger partial charge in [0.25, 0.3) is 5.56 Å². The largest absolute Gasteiger partial charge is 0.391 e. The summed E-state index contributed by atoms with van der Waals surface area (Å²) in [5.41, 5.74) is 5.67. The lowest BCUT2D eigenvalue weighted by molar-refractivity contribution is 0.315. The lowest BCUT2D eigenvalue weighted by Gasteiger charge is -2.21. The van der Waals surface area contributed by atoms with Crippen molar-refractivity contribution in [1.82, 2.24) is 14.9 Å². The maximum Gasteiger partial charge on any atom is 0.276 e. The Morgan fingerprint density at radius 3 is 3.00 bits per heavy atom. The number of aromatic amines is 1. The molecule has 0 spiro atoms. The van der Waals surface area contributed by atoms with Crippen molar-refractivity contribution >= 4 is 11.5 Å². The Hall–Kier alpha value is -1.56. The average molecular weight is 223 g/mol. The first-order valence-electron chi connectivity index (χ1n) is 5.34. The van der Waals surface area contributed by atoms with Crippen LogP contribution < -0.4 is 16.2 Å². The number of nitrogens with two attached hydrogens (primary N) is 1. The summed E-state index contributed by atoms with van der Waals surface area (Å²) in [6.07, 6.45) is 2.47. The second-order valence-electron chi connectivity index (χ2n) is 4.32. The topological polar surface area (TPSA) is 78.2 Å². The molecule has 0 aliphatic carbocycles. The molecule has 3 N–H and O–H groups in total. The van der Waals surface area contributed by atoms with Gasteiger partial charge in [-0.1, -0.05) is 0 Å². The Balaban J connectivity index is 2.21. The molecule has 1 aliphatic heterocycles. The molecule has 1 fully saturated rings. The number of H-pyrrole nitrogens is 1. The molecule has 16 heavy (non-hydrogen) atoms. The molecule has 88 valence electrons. The smallest absolute Gasteiger partial charge is 0.276 e. The number of nitrogen functional groups attached to an aromatic ring is 1. The van der Waals surface area contributed by atoms with Gasteiger partial charge in [-0.3, -0.25) is 4.79 Å². The van der Waals surface area contributed by atoms with Crippen LogP contribution in [0.4, 0.5) is 11.5 Å². The summed E-state index contributed by atoms with van der Waals surface area (Å²) in [4.78, 5) is 22.2. The van der Waals surface area contributed by atoms with E-state index in [2.05, 4.69) is 33.9 Å². The number of likely N-dealkylation sites (N-methyl/N-ethyl adjacent to an activating group) is 1. The molecular formula is C10H17N5O. The standard InChI is InChI=1S/C10H17N5O/c1-14(2)7-3-4-15(5-7)9-8(11)10(16)13-6-12-9/h6-7H,3-5,11H2,1-2H3,(H,12,13,16). The zero-order valence-corrected chi connectivity index (χ0v) is 9.60. The van der Waals surface area contributed by atoms with Crippen molar-refractivity contribution in [2.45, 2.75) is 12.5 Å². The number of nitrogens with zero attached hydrogens (tertiary/aromatic N) is 3. The van der Waals surface area contributed by atoms with Crippen molar-refractivity contribution in [1.29, 1.82) is 0 Å². The highest BCUT2D eigenvalue weighted by Crippen LogP contribution is 2.22. The minimum Gasteiger partial charge on any atom is -0.391 e. The van der Waals surface area contributed by atoms with Gasteiger partial charge in [-0.15, -0.1) is 0 Å². The van der Waals surface area contributed by atoms with E-state index in [0.717, 1.165) is 19.5 Å². The first-order chi connectivity index (χ1) is 7.59. The van der Waals surface area contributed by atoms with Gasteiger partial charge in [0.1, 0.15) is 5.69 Å². The van der Waals surface area contributed by atoms with Crippen LogP contribution in [0.5, 0.6) is 0 Å². The van der Waals surface area contributed by atoms with Crippen LogP contribution in [0, 0.1) is 0 Å². The van der Waals surface area contributed by atoms with E-state index in [1.165, 1.54) is 6.33 Å². The van der Waals surface area contributed by atoms with Crippen LogP contribution in [0.3, 0.4) is 0 Å². The van der Waals surface area contributed by atoms with Crippen LogP contribution in [-0.2, 0) is 0 Å². The van der Waals surface area contributed by atoms with Gasteiger partial charge in [0, 0.05) is 19.1 Å². The fourth-order valence-electron chi connectivity index (χ4n) is 2.01. The monoisotopic (exact) mass is 223 g/mol. The minimum absolute atomic E-state index is 0.210. The van der Waals surface area contributed by atoms with Crippen LogP contribution in [-0.4, -0.2) is 48.1 Å². The van der Waals surface area contributed by atoms with Crippen molar-refractivity contribution < 1.29 is 0 Å². The molecule has 0 bridgehead atoms. The van der Waals surface area contributed by atoms with Crippen LogP contribution >= 0.6 is 0 Å². The van der Waals surface area contributed by atoms with Crippen molar-refractivity contribution in [3.8, 4) is 0 Å². The molecule has 0 aromatic carbocycles. The summed E-state index contributed by atoms with van der Waals surface area (Å²) in [7, 11) is 4.12. The third-order valence-electron chi connectivity index (χ3n) is 3.06. The maximum absolute atomic E-state index is 11.4. The number of aromatic nitrogens is 2. The minimum atomic E-state index is -0.265. The molecule has 2 heterocycles. The Morgan fingerprint density at radius 2 is 2.38 bits per heavy atom. The molecule has 1 aromatic rings. The Bertz CT molecular complexity index is 427. The molecule has 6 heteroatoms. The van der Waals surface area contributed by atoms with Crippen molar-refractivity contribution in [3.05, 3.63) is 16.7 Å². The van der Waals surface area contributed by atoms with E-state index in [1.54, 1.807) is 0 Å². The normalized spacial score (nSPS) is 20.7. The SMILES string of the molecule is CN(C)C1CCN(c2nc[nH]c(=O)c2N)C1. The average Bonchev–Trinajstić information content (AvgIpc) is 2.71. The highest BCUT2D eigenvalue weighted by atomic mass is 16.1. The highest BCUT2D eigenvalue weighted by molar-refractivity contribution is 5.61. The van der Waals surface area contributed by atoms with Crippen LogP contribution in [0.25, 0.3) is 0 Å². The third kappa shape index (κ3) is 1.88. The van der Waals surface area contributed by atoms with Crippen LogP contribution in [0.2, 0.25) is 0 Å². The van der Waals surface area contributed by atoms with Crippen molar-refractivity contribution in [3.63, 3.8) is 0 Å². The second-order valence-corrected chi connectivity index (χ2v) is 4.32. The van der Waals surface area contributed by atoms with E-state index in [-0.39, 0.29) is 11.2 Å². The first kappa shape index (κ1) is 10.9. The summed E-state index contributed by atoms with van der Waals surface area (Å²) in [6, 6.07) is 0.500. The van der Waals surface area contributed by atoms with Gasteiger partial charge in [0.15, 0.2) is 5.82 Å². The van der Waals surface area contributed by atoms with Gasteiger partial charge in [0.2, 0.25) is 0 Å². The summed E-state index contributed by atoms with van der Waals surface area (Å²) in [5.74, 6) is 0.605. The molecular weight excluding hydrogens is 206 g/mol. The molecule has 1 aromatic heterocycles. The van der Waals surface area contributed by atoms with Crippen LogP contribution in [0.1, 0.15) is 6.42 Å².